The second kappa shape index (κ2) is 10.2. The van der Waals surface area contributed by atoms with E-state index in [-0.39, 0.29) is 41.3 Å². The number of hydrogen-bond acceptors (Lipinski definition) is 6. The third kappa shape index (κ3) is 5.81. The van der Waals surface area contributed by atoms with Crippen LogP contribution in [0.5, 0.6) is 0 Å². The molecule has 0 spiro atoms. The Morgan fingerprint density at radius 3 is 2.16 bits per heavy atom. The van der Waals surface area contributed by atoms with Crippen molar-refractivity contribution in [3.63, 3.8) is 0 Å². The van der Waals surface area contributed by atoms with Gasteiger partial charge in [-0.3, -0.25) is 14.4 Å². The summed E-state index contributed by atoms with van der Waals surface area (Å²) in [5, 5.41) is 0. The van der Waals surface area contributed by atoms with E-state index in [4.69, 9.17) is 14.2 Å². The maximum absolute atomic E-state index is 12.1. The van der Waals surface area contributed by atoms with E-state index in [0.29, 0.717) is 0 Å². The molecule has 6 nitrogen and oxygen atoms in total. The van der Waals surface area contributed by atoms with Gasteiger partial charge in [0.25, 0.3) is 0 Å². The van der Waals surface area contributed by atoms with Crippen LogP contribution in [0.15, 0.2) is 22.8 Å². The Hall–Kier alpha value is -2.11. The van der Waals surface area contributed by atoms with Crippen LogP contribution in [0.25, 0.3) is 0 Å². The molecule has 0 aromatic carbocycles. The summed E-state index contributed by atoms with van der Waals surface area (Å²) in [5.41, 5.74) is 3.21. The van der Waals surface area contributed by atoms with Crippen molar-refractivity contribution in [1.82, 2.24) is 0 Å². The number of carbonyl (C=O) groups excluding carboxylic acids is 3. The molecule has 0 saturated heterocycles. The fourth-order valence-corrected chi connectivity index (χ4v) is 6.14. The predicted molar refractivity (Wildman–Crippen MR) is 123 cm³/mol. The van der Waals surface area contributed by atoms with Gasteiger partial charge in [-0.05, 0) is 62.0 Å². The molecule has 2 aliphatic rings. The van der Waals surface area contributed by atoms with Crippen LogP contribution in [0.3, 0.4) is 0 Å². The van der Waals surface area contributed by atoms with Crippen LogP contribution in [0.4, 0.5) is 0 Å². The largest absolute Gasteiger partial charge is 0.462 e. The van der Waals surface area contributed by atoms with E-state index in [0.717, 1.165) is 43.3 Å². The molecule has 0 aromatic rings. The first-order valence-electron chi connectivity index (χ1n) is 11.6. The second-order valence-electron chi connectivity index (χ2n) is 10.4. The van der Waals surface area contributed by atoms with Gasteiger partial charge in [-0.1, -0.05) is 38.3 Å². The van der Waals surface area contributed by atoms with Gasteiger partial charge in [0, 0.05) is 26.7 Å². The van der Waals surface area contributed by atoms with Crippen molar-refractivity contribution in [1.29, 1.82) is 0 Å². The van der Waals surface area contributed by atoms with E-state index in [1.54, 1.807) is 0 Å². The van der Waals surface area contributed by atoms with Crippen molar-refractivity contribution >= 4 is 17.9 Å². The van der Waals surface area contributed by atoms with Crippen molar-refractivity contribution in [3.05, 3.63) is 22.8 Å². The molecule has 6 heteroatoms. The van der Waals surface area contributed by atoms with Crippen LogP contribution in [-0.2, 0) is 28.6 Å². The van der Waals surface area contributed by atoms with Gasteiger partial charge in [0.1, 0.15) is 12.7 Å². The molecule has 1 fully saturated rings. The zero-order valence-corrected chi connectivity index (χ0v) is 21.0. The molecule has 4 atom stereocenters. The average Bonchev–Trinajstić information content (AvgIpc) is 2.62. The summed E-state index contributed by atoms with van der Waals surface area (Å²) in [5.74, 6) is -0.974. The fourth-order valence-electron chi connectivity index (χ4n) is 6.14. The molecule has 180 valence electrons. The summed E-state index contributed by atoms with van der Waals surface area (Å²) in [6, 6.07) is 0. The maximum atomic E-state index is 12.1. The van der Waals surface area contributed by atoms with Gasteiger partial charge in [-0.25, -0.2) is 0 Å². The minimum atomic E-state index is -0.577. The van der Waals surface area contributed by atoms with Crippen LogP contribution in [0, 0.1) is 16.7 Å². The van der Waals surface area contributed by atoms with Crippen molar-refractivity contribution in [2.45, 2.75) is 99.7 Å². The minimum absolute atomic E-state index is 0.0426. The van der Waals surface area contributed by atoms with Crippen LogP contribution in [-0.4, -0.2) is 36.7 Å². The zero-order chi connectivity index (χ0) is 24.3. The van der Waals surface area contributed by atoms with E-state index >= 15 is 0 Å². The fraction of sp³-hybridized carbons (Fsp3) is 0.731. The predicted octanol–water partition coefficient (Wildman–Crippen LogP) is 5.30. The number of esters is 3. The first kappa shape index (κ1) is 26.1. The first-order chi connectivity index (χ1) is 14.8. The standard InChI is InChI=1S/C26H40O6/c1-16(12-15-30-18(3)27)10-11-21-17(2)22(31-19(4)28)23(32-20(5)29)24-25(6,7)13-9-14-26(21,24)8/h12,22-24H,9-11,13-15H2,1-8H3/b16-12-/t22-,23+,24-,26+/m0/s1. The molecule has 0 N–H and O–H groups in total. The maximum Gasteiger partial charge on any atom is 0.303 e. The van der Waals surface area contributed by atoms with Crippen molar-refractivity contribution in [3.8, 4) is 0 Å². The summed E-state index contributed by atoms with van der Waals surface area (Å²) in [6.45, 7) is 15.3. The SMILES string of the molecule is CC(=O)OC/C=C(/C)CCC1=C(C)[C@H](OC(C)=O)[C@@H](OC(C)=O)[C@H]2C(C)(C)CCC[C@]12C. The number of fused-ring (bicyclic) bond motifs is 1. The molecule has 0 aromatic heterocycles. The molecule has 0 radical (unpaired) electrons. The average molecular weight is 449 g/mol. The molecule has 32 heavy (non-hydrogen) atoms. The smallest absolute Gasteiger partial charge is 0.303 e. The summed E-state index contributed by atoms with van der Waals surface area (Å²) in [4.78, 5) is 35.1. The number of hydrogen-bond donors (Lipinski definition) is 0. The summed E-state index contributed by atoms with van der Waals surface area (Å²) in [7, 11) is 0. The van der Waals surface area contributed by atoms with Crippen LogP contribution in [0.2, 0.25) is 0 Å². The minimum Gasteiger partial charge on any atom is -0.462 e. The molecule has 0 unspecified atom stereocenters. The van der Waals surface area contributed by atoms with Crippen molar-refractivity contribution in [2.24, 2.45) is 16.7 Å². The van der Waals surface area contributed by atoms with E-state index in [1.807, 2.05) is 19.9 Å². The Kier molecular flexibility index (Phi) is 8.35. The highest BCUT2D eigenvalue weighted by molar-refractivity contribution is 5.68. The van der Waals surface area contributed by atoms with E-state index in [9.17, 15) is 14.4 Å². The summed E-state index contributed by atoms with van der Waals surface area (Å²) in [6.07, 6.45) is 5.65. The van der Waals surface area contributed by atoms with Gasteiger partial charge < -0.3 is 14.2 Å². The molecule has 1 saturated carbocycles. The van der Waals surface area contributed by atoms with Crippen LogP contribution >= 0.6 is 0 Å². The van der Waals surface area contributed by atoms with Crippen LogP contribution < -0.4 is 0 Å². The van der Waals surface area contributed by atoms with Gasteiger partial charge in [0.15, 0.2) is 6.10 Å². The van der Waals surface area contributed by atoms with Crippen molar-refractivity contribution in [2.75, 3.05) is 6.61 Å². The lowest BCUT2D eigenvalue weighted by molar-refractivity contribution is -0.184. The molecule has 0 bridgehead atoms. The van der Waals surface area contributed by atoms with E-state index < -0.39 is 12.2 Å². The van der Waals surface area contributed by atoms with Gasteiger partial charge >= 0.3 is 17.9 Å². The summed E-state index contributed by atoms with van der Waals surface area (Å²) >= 11 is 0. The lowest BCUT2D eigenvalue weighted by Gasteiger charge is -2.58. The Morgan fingerprint density at radius 2 is 1.59 bits per heavy atom. The van der Waals surface area contributed by atoms with Gasteiger partial charge in [-0.2, -0.15) is 0 Å². The third-order valence-corrected chi connectivity index (χ3v) is 7.35. The molecule has 2 aliphatic carbocycles. The Bertz CT molecular complexity index is 805. The van der Waals surface area contributed by atoms with Gasteiger partial charge in [0.05, 0.1) is 0 Å². The Balaban J connectivity index is 2.48. The lowest BCUT2D eigenvalue weighted by atomic mass is 9.48. The number of ether oxygens (including phenoxy) is 3. The molecule has 0 aliphatic heterocycles. The highest BCUT2D eigenvalue weighted by Crippen LogP contribution is 2.61. The summed E-state index contributed by atoms with van der Waals surface area (Å²) < 4.78 is 16.7. The Labute approximate surface area is 192 Å². The monoisotopic (exact) mass is 448 g/mol. The number of rotatable bonds is 7. The van der Waals surface area contributed by atoms with E-state index in [1.165, 1.54) is 26.3 Å². The molecular weight excluding hydrogens is 408 g/mol. The second-order valence-corrected chi connectivity index (χ2v) is 10.4. The first-order valence-corrected chi connectivity index (χ1v) is 11.6. The Morgan fingerprint density at radius 1 is 0.969 bits per heavy atom. The lowest BCUT2D eigenvalue weighted by Crippen LogP contribution is -2.58. The highest BCUT2D eigenvalue weighted by Gasteiger charge is 2.59. The highest BCUT2D eigenvalue weighted by atomic mass is 16.6. The van der Waals surface area contributed by atoms with E-state index in [2.05, 4.69) is 20.8 Å². The molecular formula is C26H40O6. The normalized spacial score (nSPS) is 29.8. The number of carbonyl (C=O) groups is 3. The van der Waals surface area contributed by atoms with Crippen LogP contribution in [0.1, 0.15) is 87.5 Å². The number of allylic oxidation sites excluding steroid dienone is 2. The molecule has 0 amide bonds. The zero-order valence-electron chi connectivity index (χ0n) is 21.0. The van der Waals surface area contributed by atoms with Gasteiger partial charge in [-0.15, -0.1) is 0 Å². The quantitative estimate of drug-likeness (QED) is 0.299. The molecule has 2 rings (SSSR count). The third-order valence-electron chi connectivity index (χ3n) is 7.35. The molecule has 0 heterocycles. The topological polar surface area (TPSA) is 78.9 Å². The van der Waals surface area contributed by atoms with Gasteiger partial charge in [0.2, 0.25) is 0 Å². The van der Waals surface area contributed by atoms with Crippen molar-refractivity contribution < 1.29 is 28.6 Å².